The molecule has 102 valence electrons. The molecule has 20 heavy (non-hydrogen) atoms. The number of esters is 1. The highest BCUT2D eigenvalue weighted by Gasteiger charge is 2.01. The first-order valence-electron chi connectivity index (χ1n) is 6.00. The molecule has 0 bridgehead atoms. The predicted octanol–water partition coefficient (Wildman–Crippen LogP) is 3.02. The number of ether oxygens (including phenoxy) is 2. The summed E-state index contributed by atoms with van der Waals surface area (Å²) in [6, 6.07) is 13.3. The molecule has 4 nitrogen and oxygen atoms in total. The highest BCUT2D eigenvalue weighted by molar-refractivity contribution is 5.88. The zero-order valence-corrected chi connectivity index (χ0v) is 10.9. The van der Waals surface area contributed by atoms with Crippen LogP contribution < -0.4 is 9.47 Å². The van der Waals surface area contributed by atoms with Gasteiger partial charge in [0.2, 0.25) is 0 Å². The van der Waals surface area contributed by atoms with Crippen molar-refractivity contribution in [3.05, 3.63) is 60.2 Å². The summed E-state index contributed by atoms with van der Waals surface area (Å²) in [5, 5.41) is 9.26. The van der Waals surface area contributed by atoms with E-state index in [-0.39, 0.29) is 5.75 Å². The lowest BCUT2D eigenvalue weighted by Crippen LogP contribution is -2.03. The number of aromatic hydroxyl groups is 1. The van der Waals surface area contributed by atoms with Crippen LogP contribution in [0.5, 0.6) is 17.2 Å². The molecule has 2 aromatic rings. The van der Waals surface area contributed by atoms with Crippen molar-refractivity contribution in [1.29, 1.82) is 0 Å². The van der Waals surface area contributed by atoms with Gasteiger partial charge in [0, 0.05) is 12.1 Å². The Morgan fingerprint density at radius 2 is 1.85 bits per heavy atom. The average molecular weight is 270 g/mol. The van der Waals surface area contributed by atoms with Gasteiger partial charge in [-0.1, -0.05) is 18.2 Å². The van der Waals surface area contributed by atoms with Crippen molar-refractivity contribution in [2.45, 2.75) is 0 Å². The Morgan fingerprint density at radius 3 is 2.50 bits per heavy atom. The molecular weight excluding hydrogens is 256 g/mol. The summed E-state index contributed by atoms with van der Waals surface area (Å²) in [4.78, 5) is 11.6. The Bertz CT molecular complexity index is 615. The number of carbonyl (C=O) groups is 1. The van der Waals surface area contributed by atoms with Crippen molar-refractivity contribution in [1.82, 2.24) is 0 Å². The molecule has 0 aliphatic carbocycles. The van der Waals surface area contributed by atoms with E-state index in [1.165, 1.54) is 18.2 Å². The Labute approximate surface area is 116 Å². The SMILES string of the molecule is COc1ccc(/C=C/C(=O)Oc2cccc(O)c2)cc1. The molecule has 0 spiro atoms. The molecule has 0 atom stereocenters. The van der Waals surface area contributed by atoms with Gasteiger partial charge in [-0.25, -0.2) is 4.79 Å². The van der Waals surface area contributed by atoms with Crippen LogP contribution in [-0.2, 0) is 4.79 Å². The van der Waals surface area contributed by atoms with Crippen LogP contribution in [-0.4, -0.2) is 18.2 Å². The van der Waals surface area contributed by atoms with Gasteiger partial charge in [-0.3, -0.25) is 0 Å². The fourth-order valence-electron chi connectivity index (χ4n) is 1.58. The minimum atomic E-state index is -0.508. The molecule has 0 amide bonds. The number of benzene rings is 2. The summed E-state index contributed by atoms with van der Waals surface area (Å²) in [5.74, 6) is 0.597. The van der Waals surface area contributed by atoms with Crippen LogP contribution in [0.3, 0.4) is 0 Å². The number of phenols is 1. The van der Waals surface area contributed by atoms with Crippen LogP contribution in [0.15, 0.2) is 54.6 Å². The number of rotatable bonds is 4. The Balaban J connectivity index is 1.98. The highest BCUT2D eigenvalue weighted by atomic mass is 16.5. The number of hydrogen-bond acceptors (Lipinski definition) is 4. The molecule has 0 unspecified atom stereocenters. The Kier molecular flexibility index (Phi) is 4.39. The molecule has 0 aliphatic heterocycles. The maximum Gasteiger partial charge on any atom is 0.336 e. The molecule has 0 fully saturated rings. The Hall–Kier alpha value is -2.75. The predicted molar refractivity (Wildman–Crippen MR) is 75.8 cm³/mol. The van der Waals surface area contributed by atoms with E-state index in [2.05, 4.69) is 0 Å². The number of phenolic OH excluding ortho intramolecular Hbond substituents is 1. The second-order valence-electron chi connectivity index (χ2n) is 4.02. The van der Waals surface area contributed by atoms with Crippen LogP contribution in [0, 0.1) is 0 Å². The molecule has 4 heteroatoms. The smallest absolute Gasteiger partial charge is 0.336 e. The molecule has 0 saturated carbocycles. The minimum absolute atomic E-state index is 0.0504. The molecule has 0 radical (unpaired) electrons. The van der Waals surface area contributed by atoms with E-state index in [4.69, 9.17) is 9.47 Å². The number of carbonyl (C=O) groups excluding carboxylic acids is 1. The van der Waals surface area contributed by atoms with Crippen molar-refractivity contribution in [3.8, 4) is 17.2 Å². The van der Waals surface area contributed by atoms with Gasteiger partial charge in [-0.2, -0.15) is 0 Å². The third kappa shape index (κ3) is 3.88. The third-order valence-electron chi connectivity index (χ3n) is 2.56. The van der Waals surface area contributed by atoms with Crippen molar-refractivity contribution >= 4 is 12.0 Å². The van der Waals surface area contributed by atoms with Crippen molar-refractivity contribution in [2.75, 3.05) is 7.11 Å². The molecule has 0 heterocycles. The second-order valence-corrected chi connectivity index (χ2v) is 4.02. The van der Waals surface area contributed by atoms with E-state index in [0.717, 1.165) is 11.3 Å². The van der Waals surface area contributed by atoms with Crippen LogP contribution in [0.4, 0.5) is 0 Å². The van der Waals surface area contributed by atoms with Gasteiger partial charge in [0.15, 0.2) is 0 Å². The lowest BCUT2D eigenvalue weighted by atomic mass is 10.2. The first-order chi connectivity index (χ1) is 9.67. The fourth-order valence-corrected chi connectivity index (χ4v) is 1.58. The van der Waals surface area contributed by atoms with E-state index >= 15 is 0 Å². The lowest BCUT2D eigenvalue weighted by molar-refractivity contribution is -0.128. The van der Waals surface area contributed by atoms with E-state index in [9.17, 15) is 9.90 Å². The quantitative estimate of drug-likeness (QED) is 0.527. The monoisotopic (exact) mass is 270 g/mol. The first-order valence-corrected chi connectivity index (χ1v) is 6.00. The second kappa shape index (κ2) is 6.43. The van der Waals surface area contributed by atoms with Crippen molar-refractivity contribution in [3.63, 3.8) is 0 Å². The zero-order valence-electron chi connectivity index (χ0n) is 10.9. The van der Waals surface area contributed by atoms with Gasteiger partial charge in [0.25, 0.3) is 0 Å². The fraction of sp³-hybridized carbons (Fsp3) is 0.0625. The molecule has 2 aromatic carbocycles. The summed E-state index contributed by atoms with van der Waals surface area (Å²) >= 11 is 0. The van der Waals surface area contributed by atoms with Crippen LogP contribution >= 0.6 is 0 Å². The summed E-state index contributed by atoms with van der Waals surface area (Å²) in [7, 11) is 1.59. The average Bonchev–Trinajstić information content (AvgIpc) is 2.46. The highest BCUT2D eigenvalue weighted by Crippen LogP contribution is 2.18. The van der Waals surface area contributed by atoms with Gasteiger partial charge in [0.1, 0.15) is 17.2 Å². The summed E-state index contributed by atoms with van der Waals surface area (Å²) < 4.78 is 10.1. The molecular formula is C16H14O4. The zero-order chi connectivity index (χ0) is 14.4. The largest absolute Gasteiger partial charge is 0.508 e. The summed E-state index contributed by atoms with van der Waals surface area (Å²) in [6.07, 6.45) is 2.97. The molecule has 2 rings (SSSR count). The maximum absolute atomic E-state index is 11.6. The molecule has 0 aliphatic rings. The van der Waals surface area contributed by atoms with Crippen molar-refractivity contribution in [2.24, 2.45) is 0 Å². The van der Waals surface area contributed by atoms with E-state index in [1.54, 1.807) is 37.5 Å². The van der Waals surface area contributed by atoms with Gasteiger partial charge in [0.05, 0.1) is 7.11 Å². The Morgan fingerprint density at radius 1 is 1.10 bits per heavy atom. The summed E-state index contributed by atoms with van der Waals surface area (Å²) in [6.45, 7) is 0. The molecule has 0 saturated heterocycles. The van der Waals surface area contributed by atoms with Gasteiger partial charge in [-0.05, 0) is 35.9 Å². The maximum atomic E-state index is 11.6. The van der Waals surface area contributed by atoms with Crippen LogP contribution in [0.1, 0.15) is 5.56 Å². The normalized spacial score (nSPS) is 10.4. The molecule has 0 aromatic heterocycles. The topological polar surface area (TPSA) is 55.8 Å². The van der Waals surface area contributed by atoms with Gasteiger partial charge in [-0.15, -0.1) is 0 Å². The van der Waals surface area contributed by atoms with Crippen molar-refractivity contribution < 1.29 is 19.4 Å². The molecule has 1 N–H and O–H groups in total. The van der Waals surface area contributed by atoms with E-state index in [0.29, 0.717) is 5.75 Å². The van der Waals surface area contributed by atoms with Gasteiger partial charge < -0.3 is 14.6 Å². The van der Waals surface area contributed by atoms with Crippen LogP contribution in [0.25, 0.3) is 6.08 Å². The standard InChI is InChI=1S/C16H14O4/c1-19-14-8-5-12(6-9-14)7-10-16(18)20-15-4-2-3-13(17)11-15/h2-11,17H,1H3/b10-7+. The number of hydrogen-bond donors (Lipinski definition) is 1. The number of methoxy groups -OCH3 is 1. The lowest BCUT2D eigenvalue weighted by Gasteiger charge is -2.01. The third-order valence-corrected chi connectivity index (χ3v) is 2.56. The summed E-state index contributed by atoms with van der Waals surface area (Å²) in [5.41, 5.74) is 0.860. The minimum Gasteiger partial charge on any atom is -0.508 e. The first kappa shape index (κ1) is 13.7. The van der Waals surface area contributed by atoms with Crippen LogP contribution in [0.2, 0.25) is 0 Å². The van der Waals surface area contributed by atoms with E-state index < -0.39 is 5.97 Å². The van der Waals surface area contributed by atoms with Gasteiger partial charge >= 0.3 is 5.97 Å². The van der Waals surface area contributed by atoms with E-state index in [1.807, 2.05) is 12.1 Å².